The second-order valence-electron chi connectivity index (χ2n) is 6.94. The number of aromatic nitrogens is 1. The number of rotatable bonds is 4. The second kappa shape index (κ2) is 7.14. The summed E-state index contributed by atoms with van der Waals surface area (Å²) in [6.07, 6.45) is 4.33. The highest BCUT2D eigenvalue weighted by molar-refractivity contribution is 5.97. The predicted octanol–water partition coefficient (Wildman–Crippen LogP) is 4.27. The van der Waals surface area contributed by atoms with Gasteiger partial charge >= 0.3 is 0 Å². The highest BCUT2D eigenvalue weighted by atomic mass is 16.5. The van der Waals surface area contributed by atoms with Crippen LogP contribution >= 0.6 is 0 Å². The molecule has 2 aromatic heterocycles. The van der Waals surface area contributed by atoms with Crippen LogP contribution in [0.3, 0.4) is 0 Å². The fourth-order valence-corrected chi connectivity index (χ4v) is 3.77. The lowest BCUT2D eigenvalue weighted by atomic mass is 9.99. The molecule has 4 heteroatoms. The molecule has 134 valence electrons. The number of allylic oxidation sites excluding steroid dienone is 2. The number of hydrogen-bond acceptors (Lipinski definition) is 3. The number of ether oxygens (including phenoxy) is 1. The van der Waals surface area contributed by atoms with Crippen LogP contribution in [0.25, 0.3) is 11.1 Å². The van der Waals surface area contributed by atoms with Gasteiger partial charge in [0.25, 0.3) is 0 Å². The first-order valence-corrected chi connectivity index (χ1v) is 9.05. The summed E-state index contributed by atoms with van der Waals surface area (Å²) < 4.78 is 7.77. The number of hydrogen-bond donors (Lipinski definition) is 0. The number of nitrogens with zero attached hydrogens (tertiary/aromatic N) is 2. The molecule has 0 N–H and O–H groups in total. The van der Waals surface area contributed by atoms with Crippen molar-refractivity contribution in [1.29, 1.82) is 0 Å². The third-order valence-corrected chi connectivity index (χ3v) is 5.45. The summed E-state index contributed by atoms with van der Waals surface area (Å²) in [5.41, 5.74) is 6.65. The van der Waals surface area contributed by atoms with Crippen LogP contribution in [0.15, 0.2) is 24.4 Å². The Balaban J connectivity index is 2.20. The molecule has 1 atom stereocenters. The van der Waals surface area contributed by atoms with Crippen LogP contribution in [0.1, 0.15) is 60.9 Å². The summed E-state index contributed by atoms with van der Waals surface area (Å²) in [5.74, 6) is 0.126. The summed E-state index contributed by atoms with van der Waals surface area (Å²) >= 11 is 0. The first kappa shape index (κ1) is 17.9. The monoisotopic (exact) mass is 340 g/mol. The molecular formula is C21H28N2O2. The SMILES string of the molecule is C/C=C(\C)c1cc2cc(C(C)=O)c(C)c(C(C)N3CCOCC3)n2c1. The Hall–Kier alpha value is -1.91. The van der Waals surface area contributed by atoms with Gasteiger partial charge in [-0.3, -0.25) is 9.69 Å². The largest absolute Gasteiger partial charge is 0.379 e. The van der Waals surface area contributed by atoms with Crippen LogP contribution in [0.5, 0.6) is 0 Å². The maximum Gasteiger partial charge on any atom is 0.160 e. The number of morpholine rings is 1. The summed E-state index contributed by atoms with van der Waals surface area (Å²) in [4.78, 5) is 14.6. The van der Waals surface area contributed by atoms with E-state index in [1.807, 2.05) is 6.07 Å². The smallest absolute Gasteiger partial charge is 0.160 e. The van der Waals surface area contributed by atoms with Gasteiger partial charge in [-0.25, -0.2) is 0 Å². The molecule has 1 fully saturated rings. The van der Waals surface area contributed by atoms with Crippen LogP contribution in [0.4, 0.5) is 0 Å². The van der Waals surface area contributed by atoms with E-state index in [9.17, 15) is 4.79 Å². The molecule has 3 rings (SSSR count). The van der Waals surface area contributed by atoms with Gasteiger partial charge in [-0.05, 0) is 63.5 Å². The van der Waals surface area contributed by atoms with Crippen molar-refractivity contribution in [3.05, 3.63) is 46.8 Å². The molecule has 1 aliphatic heterocycles. The molecule has 4 nitrogen and oxygen atoms in total. The molecule has 3 heterocycles. The zero-order chi connectivity index (χ0) is 18.1. The van der Waals surface area contributed by atoms with Gasteiger partial charge in [0, 0.05) is 42.1 Å². The minimum atomic E-state index is 0.126. The number of carbonyl (C=O) groups is 1. The Morgan fingerprint density at radius 1 is 1.24 bits per heavy atom. The van der Waals surface area contributed by atoms with Crippen molar-refractivity contribution < 1.29 is 9.53 Å². The molecule has 0 spiro atoms. The van der Waals surface area contributed by atoms with E-state index >= 15 is 0 Å². The fraction of sp³-hybridized carbons (Fsp3) is 0.476. The molecule has 2 aromatic rings. The fourth-order valence-electron chi connectivity index (χ4n) is 3.77. The molecule has 0 aromatic carbocycles. The van der Waals surface area contributed by atoms with Crippen molar-refractivity contribution in [3.8, 4) is 0 Å². The van der Waals surface area contributed by atoms with Gasteiger partial charge in [-0.2, -0.15) is 0 Å². The average Bonchev–Trinajstić information content (AvgIpc) is 3.04. The zero-order valence-corrected chi connectivity index (χ0v) is 15.9. The Kier molecular flexibility index (Phi) is 5.11. The van der Waals surface area contributed by atoms with E-state index in [0.717, 1.165) is 42.9 Å². The Bertz CT molecular complexity index is 826. The quantitative estimate of drug-likeness (QED) is 0.780. The zero-order valence-electron chi connectivity index (χ0n) is 15.9. The van der Waals surface area contributed by atoms with Crippen molar-refractivity contribution in [2.24, 2.45) is 0 Å². The number of Topliss-reactive ketones (excluding diaryl/α,β-unsaturated/α-hetero) is 1. The van der Waals surface area contributed by atoms with E-state index in [0.29, 0.717) is 0 Å². The molecule has 0 bridgehead atoms. The highest BCUT2D eigenvalue weighted by Crippen LogP contribution is 2.31. The standard InChI is InChI=1S/C21H28N2O2/c1-6-14(2)18-11-19-12-20(17(5)24)15(3)21(23(19)13-18)16(4)22-7-9-25-10-8-22/h6,11-13,16H,7-10H2,1-5H3/b14-6+. The predicted molar refractivity (Wildman–Crippen MR) is 102 cm³/mol. The lowest BCUT2D eigenvalue weighted by Crippen LogP contribution is -2.39. The Labute approximate surface area is 150 Å². The highest BCUT2D eigenvalue weighted by Gasteiger charge is 2.24. The van der Waals surface area contributed by atoms with Crippen LogP contribution in [-0.2, 0) is 4.74 Å². The Morgan fingerprint density at radius 3 is 2.52 bits per heavy atom. The number of fused-ring (bicyclic) bond motifs is 1. The van der Waals surface area contributed by atoms with Crippen LogP contribution in [-0.4, -0.2) is 41.4 Å². The summed E-state index contributed by atoms with van der Waals surface area (Å²) in [5, 5.41) is 0. The Morgan fingerprint density at radius 2 is 1.92 bits per heavy atom. The normalized spacial score (nSPS) is 17.9. The average molecular weight is 340 g/mol. The maximum absolute atomic E-state index is 12.2. The first-order chi connectivity index (χ1) is 11.9. The van der Waals surface area contributed by atoms with Gasteiger partial charge < -0.3 is 9.14 Å². The van der Waals surface area contributed by atoms with E-state index in [4.69, 9.17) is 4.74 Å². The number of ketones is 1. The van der Waals surface area contributed by atoms with E-state index < -0.39 is 0 Å². The summed E-state index contributed by atoms with van der Waals surface area (Å²) in [6.45, 7) is 13.5. The first-order valence-electron chi connectivity index (χ1n) is 9.05. The van der Waals surface area contributed by atoms with Crippen molar-refractivity contribution in [2.75, 3.05) is 26.3 Å². The topological polar surface area (TPSA) is 34.0 Å². The van der Waals surface area contributed by atoms with Gasteiger partial charge in [0.1, 0.15) is 0 Å². The minimum absolute atomic E-state index is 0.126. The number of carbonyl (C=O) groups excluding carboxylic acids is 1. The number of pyridine rings is 1. The van der Waals surface area contributed by atoms with Gasteiger partial charge in [0.2, 0.25) is 0 Å². The van der Waals surface area contributed by atoms with Gasteiger partial charge in [0.05, 0.1) is 13.2 Å². The molecule has 1 unspecified atom stereocenters. The molecule has 0 saturated carbocycles. The lowest BCUT2D eigenvalue weighted by Gasteiger charge is -2.34. The maximum atomic E-state index is 12.2. The molecule has 1 saturated heterocycles. The van der Waals surface area contributed by atoms with Gasteiger partial charge in [-0.15, -0.1) is 0 Å². The molecule has 0 aliphatic carbocycles. The third kappa shape index (κ3) is 3.29. The molecule has 1 aliphatic rings. The molecular weight excluding hydrogens is 312 g/mol. The van der Waals surface area contributed by atoms with E-state index in [-0.39, 0.29) is 11.8 Å². The van der Waals surface area contributed by atoms with Gasteiger partial charge in [-0.1, -0.05) is 6.08 Å². The van der Waals surface area contributed by atoms with Crippen LogP contribution < -0.4 is 0 Å². The van der Waals surface area contributed by atoms with Gasteiger partial charge in [0.15, 0.2) is 5.78 Å². The van der Waals surface area contributed by atoms with Crippen molar-refractivity contribution in [3.63, 3.8) is 0 Å². The third-order valence-electron chi connectivity index (χ3n) is 5.45. The van der Waals surface area contributed by atoms with E-state index in [1.165, 1.54) is 16.8 Å². The second-order valence-corrected chi connectivity index (χ2v) is 6.94. The molecule has 0 amide bonds. The van der Waals surface area contributed by atoms with Crippen molar-refractivity contribution >= 4 is 16.9 Å². The summed E-state index contributed by atoms with van der Waals surface area (Å²) in [7, 11) is 0. The van der Waals surface area contributed by atoms with Crippen molar-refractivity contribution in [2.45, 2.75) is 40.7 Å². The van der Waals surface area contributed by atoms with E-state index in [1.54, 1.807) is 6.92 Å². The molecule has 25 heavy (non-hydrogen) atoms. The molecule has 0 radical (unpaired) electrons. The minimum Gasteiger partial charge on any atom is -0.379 e. The summed E-state index contributed by atoms with van der Waals surface area (Å²) in [6, 6.07) is 4.44. The van der Waals surface area contributed by atoms with Crippen LogP contribution in [0.2, 0.25) is 0 Å². The lowest BCUT2D eigenvalue weighted by molar-refractivity contribution is 0.0187. The van der Waals surface area contributed by atoms with Crippen LogP contribution in [0, 0.1) is 6.92 Å². The van der Waals surface area contributed by atoms with E-state index in [2.05, 4.69) is 55.3 Å². The van der Waals surface area contributed by atoms with Crippen molar-refractivity contribution in [1.82, 2.24) is 9.30 Å².